The highest BCUT2D eigenvalue weighted by atomic mass is 16.7. The van der Waals surface area contributed by atoms with Crippen molar-refractivity contribution in [2.24, 2.45) is 0 Å². The predicted molar refractivity (Wildman–Crippen MR) is 56.0 cm³/mol. The topological polar surface area (TPSA) is 18.5 Å². The molecule has 0 unspecified atom stereocenters. The Kier molecular flexibility index (Phi) is 3.04. The molecule has 0 saturated heterocycles. The van der Waals surface area contributed by atoms with E-state index in [0.29, 0.717) is 6.10 Å². The smallest absolute Gasteiger partial charge is 0.207 e. The molecule has 0 bridgehead atoms. The molecule has 0 radical (unpaired) electrons. The SMILES string of the molecule is COC1(OC2CCCC2)C=CCC=C1. The number of hydrogen-bond donors (Lipinski definition) is 0. The van der Waals surface area contributed by atoms with Crippen LogP contribution in [0, 0.1) is 0 Å². The summed E-state index contributed by atoms with van der Waals surface area (Å²) in [6.45, 7) is 0. The first-order valence-corrected chi connectivity index (χ1v) is 5.43. The molecular weight excluding hydrogens is 176 g/mol. The number of allylic oxidation sites excluding steroid dienone is 2. The second-order valence-electron chi connectivity index (χ2n) is 3.99. The molecule has 0 N–H and O–H groups in total. The maximum Gasteiger partial charge on any atom is 0.207 e. The monoisotopic (exact) mass is 194 g/mol. The van der Waals surface area contributed by atoms with Crippen molar-refractivity contribution in [2.45, 2.75) is 44.0 Å². The molecule has 14 heavy (non-hydrogen) atoms. The van der Waals surface area contributed by atoms with Gasteiger partial charge in [-0.05, 0) is 31.4 Å². The maximum atomic E-state index is 5.99. The van der Waals surface area contributed by atoms with E-state index in [1.165, 1.54) is 25.7 Å². The Labute approximate surface area is 85.6 Å². The zero-order chi connectivity index (χ0) is 9.86. The highest BCUT2D eigenvalue weighted by Gasteiger charge is 2.30. The van der Waals surface area contributed by atoms with Crippen LogP contribution in [0.2, 0.25) is 0 Å². The Morgan fingerprint density at radius 3 is 2.36 bits per heavy atom. The fourth-order valence-electron chi connectivity index (χ4n) is 2.13. The largest absolute Gasteiger partial charge is 0.346 e. The molecule has 0 aliphatic heterocycles. The van der Waals surface area contributed by atoms with Crippen molar-refractivity contribution >= 4 is 0 Å². The van der Waals surface area contributed by atoms with Crippen LogP contribution in [0.5, 0.6) is 0 Å². The normalized spacial score (nSPS) is 25.8. The van der Waals surface area contributed by atoms with Gasteiger partial charge in [-0.3, -0.25) is 0 Å². The summed E-state index contributed by atoms with van der Waals surface area (Å²) < 4.78 is 11.4. The lowest BCUT2D eigenvalue weighted by Gasteiger charge is -2.30. The predicted octanol–water partition coefficient (Wildman–Crippen LogP) is 2.80. The summed E-state index contributed by atoms with van der Waals surface area (Å²) >= 11 is 0. The Morgan fingerprint density at radius 1 is 1.14 bits per heavy atom. The summed E-state index contributed by atoms with van der Waals surface area (Å²) in [6.07, 6.45) is 14.5. The minimum atomic E-state index is -0.576. The Balaban J connectivity index is 2.00. The van der Waals surface area contributed by atoms with Crippen LogP contribution in [0.4, 0.5) is 0 Å². The van der Waals surface area contributed by atoms with Crippen LogP contribution in [0.3, 0.4) is 0 Å². The third kappa shape index (κ3) is 2.07. The second-order valence-corrected chi connectivity index (χ2v) is 3.99. The molecule has 2 heteroatoms. The average molecular weight is 194 g/mol. The van der Waals surface area contributed by atoms with Gasteiger partial charge in [-0.1, -0.05) is 25.0 Å². The van der Waals surface area contributed by atoms with E-state index in [1.807, 2.05) is 12.2 Å². The molecule has 0 amide bonds. The van der Waals surface area contributed by atoms with E-state index >= 15 is 0 Å². The second kappa shape index (κ2) is 4.28. The summed E-state index contributed by atoms with van der Waals surface area (Å²) in [5, 5.41) is 0. The van der Waals surface area contributed by atoms with Gasteiger partial charge in [0.1, 0.15) is 0 Å². The van der Waals surface area contributed by atoms with Gasteiger partial charge in [0.25, 0.3) is 0 Å². The van der Waals surface area contributed by atoms with Gasteiger partial charge in [-0.25, -0.2) is 0 Å². The van der Waals surface area contributed by atoms with Gasteiger partial charge in [0.05, 0.1) is 6.10 Å². The molecule has 78 valence electrons. The number of rotatable bonds is 3. The van der Waals surface area contributed by atoms with Crippen molar-refractivity contribution in [1.29, 1.82) is 0 Å². The summed E-state index contributed by atoms with van der Waals surface area (Å²) in [5.74, 6) is -0.576. The van der Waals surface area contributed by atoms with E-state index in [9.17, 15) is 0 Å². The van der Waals surface area contributed by atoms with E-state index in [2.05, 4.69) is 12.2 Å². The van der Waals surface area contributed by atoms with Crippen LogP contribution in [-0.2, 0) is 9.47 Å². The first kappa shape index (κ1) is 9.94. The van der Waals surface area contributed by atoms with E-state index in [-0.39, 0.29) is 0 Å². The van der Waals surface area contributed by atoms with E-state index in [1.54, 1.807) is 7.11 Å². The number of methoxy groups -OCH3 is 1. The Morgan fingerprint density at radius 2 is 1.79 bits per heavy atom. The third-order valence-corrected chi connectivity index (χ3v) is 2.94. The van der Waals surface area contributed by atoms with Crippen LogP contribution in [0.15, 0.2) is 24.3 Å². The van der Waals surface area contributed by atoms with Crippen LogP contribution in [0.1, 0.15) is 32.1 Å². The van der Waals surface area contributed by atoms with Gasteiger partial charge >= 0.3 is 0 Å². The summed E-state index contributed by atoms with van der Waals surface area (Å²) in [5.41, 5.74) is 0. The molecule has 2 aliphatic carbocycles. The van der Waals surface area contributed by atoms with E-state index in [4.69, 9.17) is 9.47 Å². The standard InChI is InChI=1S/C12H18O2/c1-13-12(9-5-2-6-10-12)14-11-7-3-4-8-11/h5-6,9-11H,2-4,7-8H2,1H3. The molecule has 0 heterocycles. The van der Waals surface area contributed by atoms with Crippen molar-refractivity contribution in [3.05, 3.63) is 24.3 Å². The minimum Gasteiger partial charge on any atom is -0.346 e. The van der Waals surface area contributed by atoms with Crippen LogP contribution < -0.4 is 0 Å². The van der Waals surface area contributed by atoms with E-state index < -0.39 is 5.79 Å². The van der Waals surface area contributed by atoms with Crippen molar-refractivity contribution in [3.8, 4) is 0 Å². The molecule has 2 aliphatic rings. The Hall–Kier alpha value is -0.600. The summed E-state index contributed by atoms with van der Waals surface area (Å²) in [4.78, 5) is 0. The number of ether oxygens (including phenoxy) is 2. The molecule has 1 saturated carbocycles. The van der Waals surface area contributed by atoms with Gasteiger partial charge in [-0.2, -0.15) is 0 Å². The Bertz CT molecular complexity index is 225. The highest BCUT2D eigenvalue weighted by Crippen LogP contribution is 2.29. The van der Waals surface area contributed by atoms with Gasteiger partial charge < -0.3 is 9.47 Å². The molecule has 1 fully saturated rings. The van der Waals surface area contributed by atoms with Crippen LogP contribution in [-0.4, -0.2) is 19.0 Å². The minimum absolute atomic E-state index is 0.377. The summed E-state index contributed by atoms with van der Waals surface area (Å²) in [6, 6.07) is 0. The van der Waals surface area contributed by atoms with Crippen LogP contribution >= 0.6 is 0 Å². The first-order valence-electron chi connectivity index (χ1n) is 5.43. The fraction of sp³-hybridized carbons (Fsp3) is 0.667. The van der Waals surface area contributed by atoms with Gasteiger partial charge in [0, 0.05) is 7.11 Å². The lowest BCUT2D eigenvalue weighted by atomic mass is 10.1. The number of hydrogen-bond acceptors (Lipinski definition) is 2. The zero-order valence-electron chi connectivity index (χ0n) is 8.74. The lowest BCUT2D eigenvalue weighted by molar-refractivity contribution is -0.182. The van der Waals surface area contributed by atoms with Crippen molar-refractivity contribution in [1.82, 2.24) is 0 Å². The van der Waals surface area contributed by atoms with Crippen molar-refractivity contribution in [3.63, 3.8) is 0 Å². The van der Waals surface area contributed by atoms with Gasteiger partial charge in [-0.15, -0.1) is 0 Å². The van der Waals surface area contributed by atoms with Crippen molar-refractivity contribution in [2.75, 3.05) is 7.11 Å². The molecule has 0 aromatic carbocycles. The van der Waals surface area contributed by atoms with Crippen LogP contribution in [0.25, 0.3) is 0 Å². The quantitative estimate of drug-likeness (QED) is 0.508. The van der Waals surface area contributed by atoms with Crippen molar-refractivity contribution < 1.29 is 9.47 Å². The molecule has 0 aromatic heterocycles. The van der Waals surface area contributed by atoms with Gasteiger partial charge in [0.15, 0.2) is 0 Å². The lowest BCUT2D eigenvalue weighted by Crippen LogP contribution is -2.34. The molecule has 2 rings (SSSR count). The van der Waals surface area contributed by atoms with E-state index in [0.717, 1.165) is 6.42 Å². The average Bonchev–Trinajstić information content (AvgIpc) is 2.72. The highest BCUT2D eigenvalue weighted by molar-refractivity contribution is 5.16. The molecule has 0 aromatic rings. The molecule has 0 spiro atoms. The molecule has 0 atom stereocenters. The zero-order valence-corrected chi connectivity index (χ0v) is 8.74. The van der Waals surface area contributed by atoms with Gasteiger partial charge in [0.2, 0.25) is 5.79 Å². The molecular formula is C12H18O2. The molecule has 2 nitrogen and oxygen atoms in total. The first-order chi connectivity index (χ1) is 6.85. The summed E-state index contributed by atoms with van der Waals surface area (Å²) in [7, 11) is 1.70. The maximum absolute atomic E-state index is 5.99. The fourth-order valence-corrected chi connectivity index (χ4v) is 2.13. The third-order valence-electron chi connectivity index (χ3n) is 2.94.